The lowest BCUT2D eigenvalue weighted by molar-refractivity contribution is 0.0495. The van der Waals surface area contributed by atoms with Crippen LogP contribution in [-0.4, -0.2) is 27.8 Å². The third kappa shape index (κ3) is 2.78. The zero-order chi connectivity index (χ0) is 17.3. The molecule has 0 aliphatic heterocycles. The number of rotatable bonds is 4. The highest BCUT2D eigenvalue weighted by atomic mass is 35.5. The fourth-order valence-corrected chi connectivity index (χ4v) is 2.56. The van der Waals surface area contributed by atoms with Crippen LogP contribution in [0.5, 0.6) is 0 Å². The maximum absolute atomic E-state index is 12.8. The molecule has 0 saturated heterocycles. The number of esters is 1. The molecule has 0 spiro atoms. The van der Waals surface area contributed by atoms with E-state index in [0.29, 0.717) is 11.4 Å². The topological polar surface area (TPSA) is 105 Å². The first kappa shape index (κ1) is 16.2. The molecular weight excluding hydrogens is 334 g/mol. The molecule has 0 amide bonds. The molecule has 124 valence electrons. The van der Waals surface area contributed by atoms with Gasteiger partial charge in [-0.05, 0) is 24.6 Å². The smallest absolute Gasteiger partial charge is 0.359 e. The van der Waals surface area contributed by atoms with Gasteiger partial charge in [0.2, 0.25) is 0 Å². The largest absolute Gasteiger partial charge is 0.461 e. The monoisotopic (exact) mass is 347 g/mol. The van der Waals surface area contributed by atoms with Gasteiger partial charge in [0.1, 0.15) is 5.52 Å². The highest BCUT2D eigenvalue weighted by Gasteiger charge is 2.20. The number of benzene rings is 1. The number of aromatic nitrogens is 3. The minimum atomic E-state index is -0.737. The van der Waals surface area contributed by atoms with Crippen molar-refractivity contribution in [1.29, 1.82) is 0 Å². The Morgan fingerprint density at radius 2 is 2.12 bits per heavy atom. The summed E-state index contributed by atoms with van der Waals surface area (Å²) in [6.07, 6.45) is 1.57. The van der Waals surface area contributed by atoms with E-state index in [1.165, 1.54) is 18.2 Å². The standard InChI is InChI=1S/C16H14ClN3O4/c1-2-3-6-24-16(23)13-11-12(19-20-13)15(22)18-10-7-8(17)4-5-9(10)14(11)21/h4-5,7H,2-3,6H2,1H3,(H,18,22)(H,19,20). The van der Waals surface area contributed by atoms with Crippen molar-refractivity contribution in [1.82, 2.24) is 15.2 Å². The molecule has 24 heavy (non-hydrogen) atoms. The molecular formula is C16H14ClN3O4. The lowest BCUT2D eigenvalue weighted by Gasteiger charge is -2.00. The molecule has 0 aliphatic rings. The minimum absolute atomic E-state index is 0.0743. The fraction of sp³-hybridized carbons (Fsp3) is 0.250. The number of aromatic amines is 2. The van der Waals surface area contributed by atoms with Gasteiger partial charge in [-0.2, -0.15) is 5.10 Å². The summed E-state index contributed by atoms with van der Waals surface area (Å²) in [5.41, 5.74) is -1.04. The van der Waals surface area contributed by atoms with Crippen molar-refractivity contribution in [2.24, 2.45) is 0 Å². The Morgan fingerprint density at radius 1 is 1.33 bits per heavy atom. The number of unbranched alkanes of at least 4 members (excludes halogenated alkanes) is 1. The van der Waals surface area contributed by atoms with Crippen LogP contribution in [0.3, 0.4) is 0 Å². The summed E-state index contributed by atoms with van der Waals surface area (Å²) in [6, 6.07) is 4.51. The van der Waals surface area contributed by atoms with Crippen molar-refractivity contribution >= 4 is 39.4 Å². The lowest BCUT2D eigenvalue weighted by Crippen LogP contribution is -2.11. The van der Waals surface area contributed by atoms with Gasteiger partial charge in [0, 0.05) is 10.4 Å². The summed E-state index contributed by atoms with van der Waals surface area (Å²) >= 11 is 5.91. The molecule has 7 nitrogen and oxygen atoms in total. The molecule has 3 aromatic rings. The number of fused-ring (bicyclic) bond motifs is 2. The molecule has 0 bridgehead atoms. The van der Waals surface area contributed by atoms with Gasteiger partial charge in [0.15, 0.2) is 11.1 Å². The average Bonchev–Trinajstić information content (AvgIpc) is 2.96. The Bertz CT molecular complexity index is 1050. The number of nitrogens with zero attached hydrogens (tertiary/aromatic N) is 1. The Balaban J connectivity index is 2.28. The van der Waals surface area contributed by atoms with E-state index >= 15 is 0 Å². The van der Waals surface area contributed by atoms with Gasteiger partial charge >= 0.3 is 5.97 Å². The molecule has 0 atom stereocenters. The molecule has 2 aromatic heterocycles. The quantitative estimate of drug-likeness (QED) is 0.557. The van der Waals surface area contributed by atoms with Crippen molar-refractivity contribution in [2.45, 2.75) is 19.8 Å². The molecule has 0 fully saturated rings. The van der Waals surface area contributed by atoms with Crippen molar-refractivity contribution in [2.75, 3.05) is 6.61 Å². The fourth-order valence-electron chi connectivity index (χ4n) is 2.39. The summed E-state index contributed by atoms with van der Waals surface area (Å²) in [4.78, 5) is 39.8. The van der Waals surface area contributed by atoms with E-state index in [0.717, 1.165) is 6.42 Å². The maximum Gasteiger partial charge on any atom is 0.359 e. The first-order valence-electron chi connectivity index (χ1n) is 7.44. The zero-order valence-electron chi connectivity index (χ0n) is 12.8. The molecule has 0 saturated carbocycles. The average molecular weight is 348 g/mol. The minimum Gasteiger partial charge on any atom is -0.461 e. The summed E-state index contributed by atoms with van der Waals surface area (Å²) in [5, 5.41) is 6.78. The van der Waals surface area contributed by atoms with Crippen molar-refractivity contribution in [3.8, 4) is 0 Å². The van der Waals surface area contributed by atoms with E-state index in [9.17, 15) is 14.4 Å². The molecule has 0 aliphatic carbocycles. The normalized spacial score (nSPS) is 11.1. The second-order valence-electron chi connectivity index (χ2n) is 5.28. The van der Waals surface area contributed by atoms with Gasteiger partial charge in [0.05, 0.1) is 17.5 Å². The number of carbonyl (C=O) groups excluding carboxylic acids is 1. The molecule has 3 rings (SSSR count). The van der Waals surface area contributed by atoms with Crippen LogP contribution < -0.4 is 11.0 Å². The molecule has 2 N–H and O–H groups in total. The van der Waals surface area contributed by atoms with Gasteiger partial charge in [-0.25, -0.2) is 4.79 Å². The highest BCUT2D eigenvalue weighted by Crippen LogP contribution is 2.16. The lowest BCUT2D eigenvalue weighted by atomic mass is 10.2. The summed E-state index contributed by atoms with van der Waals surface area (Å²) in [6.45, 7) is 2.19. The maximum atomic E-state index is 12.8. The van der Waals surface area contributed by atoms with E-state index in [2.05, 4.69) is 15.2 Å². The first-order valence-corrected chi connectivity index (χ1v) is 7.81. The van der Waals surface area contributed by atoms with E-state index in [4.69, 9.17) is 16.3 Å². The number of nitrogens with one attached hydrogen (secondary N) is 2. The first-order chi connectivity index (χ1) is 11.5. The van der Waals surface area contributed by atoms with Crippen molar-refractivity contribution in [3.63, 3.8) is 0 Å². The molecule has 0 radical (unpaired) electrons. The predicted molar refractivity (Wildman–Crippen MR) is 90.7 cm³/mol. The van der Waals surface area contributed by atoms with Crippen LogP contribution in [0.2, 0.25) is 5.02 Å². The molecule has 1 aromatic carbocycles. The Hall–Kier alpha value is -2.67. The highest BCUT2D eigenvalue weighted by molar-refractivity contribution is 6.31. The Morgan fingerprint density at radius 3 is 2.88 bits per heavy atom. The van der Waals surface area contributed by atoms with E-state index in [1.54, 1.807) is 0 Å². The second kappa shape index (κ2) is 6.45. The van der Waals surface area contributed by atoms with Crippen LogP contribution in [0.1, 0.15) is 30.3 Å². The van der Waals surface area contributed by atoms with Crippen LogP contribution in [-0.2, 0) is 4.74 Å². The van der Waals surface area contributed by atoms with Gasteiger partial charge < -0.3 is 9.72 Å². The van der Waals surface area contributed by atoms with E-state index in [-0.39, 0.29) is 34.1 Å². The van der Waals surface area contributed by atoms with E-state index < -0.39 is 17.0 Å². The van der Waals surface area contributed by atoms with Crippen LogP contribution in [0.15, 0.2) is 27.8 Å². The third-order valence-electron chi connectivity index (χ3n) is 3.62. The molecule has 0 unspecified atom stereocenters. The number of H-pyrrole nitrogens is 2. The predicted octanol–water partition coefficient (Wildman–Crippen LogP) is 2.37. The van der Waals surface area contributed by atoms with Crippen LogP contribution in [0, 0.1) is 0 Å². The van der Waals surface area contributed by atoms with Crippen molar-refractivity contribution < 1.29 is 9.53 Å². The number of carbonyl (C=O) groups is 1. The summed E-state index contributed by atoms with van der Waals surface area (Å²) < 4.78 is 5.10. The number of hydrogen-bond acceptors (Lipinski definition) is 5. The van der Waals surface area contributed by atoms with Crippen molar-refractivity contribution in [3.05, 3.63) is 49.5 Å². The van der Waals surface area contributed by atoms with Gasteiger partial charge in [0.25, 0.3) is 5.56 Å². The third-order valence-corrected chi connectivity index (χ3v) is 3.85. The molecule has 2 heterocycles. The van der Waals surface area contributed by atoms with Gasteiger partial charge in [-0.15, -0.1) is 0 Å². The number of halogens is 1. The Kier molecular flexibility index (Phi) is 4.35. The van der Waals surface area contributed by atoms with Crippen LogP contribution in [0.25, 0.3) is 21.8 Å². The Labute approximate surface area is 140 Å². The summed E-state index contributed by atoms with van der Waals surface area (Å²) in [5.74, 6) is -0.737. The molecule has 8 heteroatoms. The zero-order valence-corrected chi connectivity index (χ0v) is 13.6. The van der Waals surface area contributed by atoms with Gasteiger partial charge in [-0.1, -0.05) is 24.9 Å². The van der Waals surface area contributed by atoms with Crippen LogP contribution in [0.4, 0.5) is 0 Å². The van der Waals surface area contributed by atoms with Crippen LogP contribution >= 0.6 is 11.6 Å². The SMILES string of the molecule is CCCCOC(=O)c1n[nH]c2c(=O)[nH]c3cc(Cl)ccc3c(=O)c12. The number of ether oxygens (including phenoxy) is 1. The summed E-state index contributed by atoms with van der Waals surface area (Å²) in [7, 11) is 0. The van der Waals surface area contributed by atoms with Gasteiger partial charge in [-0.3, -0.25) is 14.7 Å². The van der Waals surface area contributed by atoms with E-state index in [1.807, 2.05) is 6.92 Å². The second-order valence-corrected chi connectivity index (χ2v) is 5.72. The number of hydrogen-bond donors (Lipinski definition) is 2.